The molecule has 0 aliphatic carbocycles. The second-order valence-electron chi connectivity index (χ2n) is 3.53. The zero-order valence-electron chi connectivity index (χ0n) is 8.16. The minimum Gasteiger partial charge on any atom is -0.347 e. The van der Waals surface area contributed by atoms with Crippen molar-refractivity contribution in [1.29, 1.82) is 0 Å². The first-order valence-corrected chi connectivity index (χ1v) is 6.50. The minimum atomic E-state index is 0.617. The zero-order valence-corrected chi connectivity index (χ0v) is 10.6. The predicted molar refractivity (Wildman–Crippen MR) is 64.1 cm³/mol. The summed E-state index contributed by atoms with van der Waals surface area (Å²) >= 11 is 5.10. The lowest BCUT2D eigenvalue weighted by atomic mass is 10.1. The average molecular weight is 276 g/mol. The quantitative estimate of drug-likeness (QED) is 0.896. The average Bonchev–Trinajstić information content (AvgIpc) is 2.65. The highest BCUT2D eigenvalue weighted by molar-refractivity contribution is 9.10. The summed E-state index contributed by atoms with van der Waals surface area (Å²) in [7, 11) is 2.03. The number of aromatic nitrogens is 1. The van der Waals surface area contributed by atoms with Crippen molar-refractivity contribution in [1.82, 2.24) is 10.3 Å². The fourth-order valence-corrected chi connectivity index (χ4v) is 3.06. The molecule has 0 saturated carbocycles. The molecule has 0 amide bonds. The first-order chi connectivity index (χ1) is 6.79. The molecule has 5 heteroatoms. The van der Waals surface area contributed by atoms with E-state index in [9.17, 15) is 0 Å². The highest BCUT2D eigenvalue weighted by Crippen LogP contribution is 2.26. The Morgan fingerprint density at radius 2 is 2.57 bits per heavy atom. The lowest BCUT2D eigenvalue weighted by Crippen LogP contribution is -2.44. The lowest BCUT2D eigenvalue weighted by Gasteiger charge is -2.32. The van der Waals surface area contributed by atoms with Crippen molar-refractivity contribution < 1.29 is 0 Å². The molecule has 1 saturated heterocycles. The highest BCUT2D eigenvalue weighted by Gasteiger charge is 2.20. The number of halogens is 1. The van der Waals surface area contributed by atoms with E-state index in [1.807, 2.05) is 12.4 Å². The molecule has 1 atom stereocenters. The summed E-state index contributed by atoms with van der Waals surface area (Å²) in [5, 5.41) is 6.51. The van der Waals surface area contributed by atoms with E-state index in [-0.39, 0.29) is 0 Å². The summed E-state index contributed by atoms with van der Waals surface area (Å²) in [4.78, 5) is 6.80. The van der Waals surface area contributed by atoms with Gasteiger partial charge < -0.3 is 10.2 Å². The molecule has 3 nitrogen and oxygen atoms in total. The standard InChI is InChI=1S/C9H14BrN3S/c1-11-7-3-2-4-13(5-7)9-12-8(10)6-14-9/h6-7,11H,2-5H2,1H3. The number of thiazole rings is 1. The summed E-state index contributed by atoms with van der Waals surface area (Å²) in [5.41, 5.74) is 0. The van der Waals surface area contributed by atoms with Gasteiger partial charge in [-0.3, -0.25) is 0 Å². The fraction of sp³-hybridized carbons (Fsp3) is 0.667. The van der Waals surface area contributed by atoms with Crippen molar-refractivity contribution in [2.75, 3.05) is 25.0 Å². The zero-order chi connectivity index (χ0) is 9.97. The molecule has 1 aromatic heterocycles. The number of piperidine rings is 1. The summed E-state index contributed by atoms with van der Waals surface area (Å²) in [6, 6.07) is 0.617. The normalized spacial score (nSPS) is 22.7. The first-order valence-electron chi connectivity index (χ1n) is 4.83. The molecule has 1 aromatic rings. The fourth-order valence-electron chi connectivity index (χ4n) is 1.78. The van der Waals surface area contributed by atoms with E-state index in [0.717, 1.165) is 22.8 Å². The SMILES string of the molecule is CNC1CCCN(c2nc(Br)cs2)C1. The molecule has 0 bridgehead atoms. The molecule has 78 valence electrons. The van der Waals surface area contributed by atoms with Crippen LogP contribution in [-0.4, -0.2) is 31.2 Å². The van der Waals surface area contributed by atoms with Crippen molar-refractivity contribution in [2.24, 2.45) is 0 Å². The van der Waals surface area contributed by atoms with Crippen LogP contribution < -0.4 is 10.2 Å². The van der Waals surface area contributed by atoms with Crippen LogP contribution in [0.1, 0.15) is 12.8 Å². The van der Waals surface area contributed by atoms with Crippen molar-refractivity contribution >= 4 is 32.4 Å². The van der Waals surface area contributed by atoms with Crippen LogP contribution in [0.25, 0.3) is 0 Å². The summed E-state index contributed by atoms with van der Waals surface area (Å²) in [5.74, 6) is 0. The van der Waals surface area contributed by atoms with Crippen LogP contribution in [0.4, 0.5) is 5.13 Å². The third-order valence-corrected chi connectivity index (χ3v) is 4.17. The van der Waals surface area contributed by atoms with Crippen LogP contribution >= 0.6 is 27.3 Å². The molecule has 1 fully saturated rings. The molecular weight excluding hydrogens is 262 g/mol. The Hall–Kier alpha value is -0.130. The molecule has 0 radical (unpaired) electrons. The molecule has 1 aliphatic rings. The summed E-state index contributed by atoms with van der Waals surface area (Å²) < 4.78 is 0.948. The summed E-state index contributed by atoms with van der Waals surface area (Å²) in [6.07, 6.45) is 2.53. The van der Waals surface area contributed by atoms with Gasteiger partial charge in [0.05, 0.1) is 0 Å². The van der Waals surface area contributed by atoms with Gasteiger partial charge in [-0.1, -0.05) is 0 Å². The molecule has 0 aromatic carbocycles. The number of anilines is 1. The molecule has 14 heavy (non-hydrogen) atoms. The Morgan fingerprint density at radius 1 is 1.71 bits per heavy atom. The third kappa shape index (κ3) is 2.27. The van der Waals surface area contributed by atoms with Crippen LogP contribution in [0, 0.1) is 0 Å². The molecular formula is C9H14BrN3S. The van der Waals surface area contributed by atoms with Gasteiger partial charge in [0, 0.05) is 24.5 Å². The largest absolute Gasteiger partial charge is 0.347 e. The van der Waals surface area contributed by atoms with Crippen LogP contribution in [0.2, 0.25) is 0 Å². The maximum Gasteiger partial charge on any atom is 0.186 e. The van der Waals surface area contributed by atoms with Gasteiger partial charge in [0.15, 0.2) is 5.13 Å². The van der Waals surface area contributed by atoms with Crippen LogP contribution in [0.15, 0.2) is 9.98 Å². The maximum absolute atomic E-state index is 4.44. The third-order valence-electron chi connectivity index (χ3n) is 2.56. The Kier molecular flexibility index (Phi) is 3.41. The molecule has 1 unspecified atom stereocenters. The number of hydrogen-bond donors (Lipinski definition) is 1. The Labute approximate surface area is 96.7 Å². The molecule has 2 rings (SSSR count). The lowest BCUT2D eigenvalue weighted by molar-refractivity contribution is 0.449. The van der Waals surface area contributed by atoms with Gasteiger partial charge in [0.2, 0.25) is 0 Å². The smallest absolute Gasteiger partial charge is 0.186 e. The Bertz CT molecular complexity index is 302. The van der Waals surface area contributed by atoms with Gasteiger partial charge in [-0.15, -0.1) is 11.3 Å². The molecule has 1 N–H and O–H groups in total. The van der Waals surface area contributed by atoms with Gasteiger partial charge in [-0.25, -0.2) is 4.98 Å². The predicted octanol–water partition coefficient (Wildman–Crippen LogP) is 2.09. The summed E-state index contributed by atoms with van der Waals surface area (Å²) in [6.45, 7) is 2.22. The minimum absolute atomic E-state index is 0.617. The van der Waals surface area contributed by atoms with E-state index in [1.54, 1.807) is 11.3 Å². The number of likely N-dealkylation sites (N-methyl/N-ethyl adjacent to an activating group) is 1. The highest BCUT2D eigenvalue weighted by atomic mass is 79.9. The van der Waals surface area contributed by atoms with Crippen molar-refractivity contribution in [3.05, 3.63) is 9.98 Å². The topological polar surface area (TPSA) is 28.2 Å². The monoisotopic (exact) mass is 275 g/mol. The van der Waals surface area contributed by atoms with Crippen LogP contribution in [0.3, 0.4) is 0 Å². The van der Waals surface area contributed by atoms with Crippen molar-refractivity contribution in [2.45, 2.75) is 18.9 Å². The molecule has 2 heterocycles. The van der Waals surface area contributed by atoms with Gasteiger partial charge in [0.25, 0.3) is 0 Å². The van der Waals surface area contributed by atoms with Crippen molar-refractivity contribution in [3.63, 3.8) is 0 Å². The second kappa shape index (κ2) is 4.59. The number of rotatable bonds is 2. The van der Waals surface area contributed by atoms with Gasteiger partial charge in [-0.2, -0.15) is 0 Å². The Balaban J connectivity index is 2.04. The van der Waals surface area contributed by atoms with E-state index in [1.165, 1.54) is 12.8 Å². The number of nitrogens with zero attached hydrogens (tertiary/aromatic N) is 2. The maximum atomic E-state index is 4.44. The van der Waals surface area contributed by atoms with Gasteiger partial charge in [0.1, 0.15) is 4.60 Å². The second-order valence-corrected chi connectivity index (χ2v) is 5.18. The van der Waals surface area contributed by atoms with Crippen LogP contribution in [0.5, 0.6) is 0 Å². The number of hydrogen-bond acceptors (Lipinski definition) is 4. The molecule has 0 spiro atoms. The van der Waals surface area contributed by atoms with E-state index in [2.05, 4.69) is 31.1 Å². The number of nitrogens with one attached hydrogen (secondary N) is 1. The van der Waals surface area contributed by atoms with E-state index in [4.69, 9.17) is 0 Å². The Morgan fingerprint density at radius 3 is 3.21 bits per heavy atom. The first kappa shape index (κ1) is 10.4. The van der Waals surface area contributed by atoms with Crippen molar-refractivity contribution in [3.8, 4) is 0 Å². The van der Waals surface area contributed by atoms with Crippen LogP contribution in [-0.2, 0) is 0 Å². The van der Waals surface area contributed by atoms with E-state index >= 15 is 0 Å². The molecule has 1 aliphatic heterocycles. The van der Waals surface area contributed by atoms with Gasteiger partial charge in [-0.05, 0) is 35.8 Å². The van der Waals surface area contributed by atoms with E-state index in [0.29, 0.717) is 6.04 Å². The van der Waals surface area contributed by atoms with E-state index < -0.39 is 0 Å². The van der Waals surface area contributed by atoms with Gasteiger partial charge >= 0.3 is 0 Å².